The molecule has 3 saturated heterocycles. The first-order chi connectivity index (χ1) is 18.0. The van der Waals surface area contributed by atoms with Crippen molar-refractivity contribution < 1.29 is 13.5 Å². The Hall–Kier alpha value is -2.87. The maximum absolute atomic E-state index is 16.2. The first-order valence-electron chi connectivity index (χ1n) is 13.8. The highest BCUT2D eigenvalue weighted by atomic mass is 19.1. The minimum absolute atomic E-state index is 0.0450. The van der Waals surface area contributed by atoms with E-state index >= 15 is 4.39 Å². The third-order valence-corrected chi connectivity index (χ3v) is 9.35. The minimum atomic E-state index is -0.554. The molecule has 194 valence electrons. The molecule has 8 heteroatoms. The number of fused-ring (bicyclic) bond motifs is 4. The lowest BCUT2D eigenvalue weighted by Gasteiger charge is -2.34. The van der Waals surface area contributed by atoms with Crippen molar-refractivity contribution in [2.75, 3.05) is 37.7 Å². The van der Waals surface area contributed by atoms with Gasteiger partial charge in [-0.1, -0.05) is 12.1 Å². The Morgan fingerprint density at radius 1 is 1.05 bits per heavy atom. The molecule has 4 aliphatic rings. The highest BCUT2D eigenvalue weighted by Gasteiger charge is 2.45. The van der Waals surface area contributed by atoms with Crippen molar-refractivity contribution in [1.82, 2.24) is 19.9 Å². The van der Waals surface area contributed by atoms with Gasteiger partial charge < -0.3 is 9.64 Å². The number of benzene rings is 1. The highest BCUT2D eigenvalue weighted by Crippen LogP contribution is 2.42. The van der Waals surface area contributed by atoms with Gasteiger partial charge in [0, 0.05) is 24.8 Å². The van der Waals surface area contributed by atoms with Gasteiger partial charge in [0.25, 0.3) is 0 Å². The van der Waals surface area contributed by atoms with E-state index in [1.54, 1.807) is 25.3 Å². The predicted molar refractivity (Wildman–Crippen MR) is 139 cm³/mol. The van der Waals surface area contributed by atoms with Crippen molar-refractivity contribution in [3.05, 3.63) is 41.6 Å². The second-order valence-electron chi connectivity index (χ2n) is 11.6. The average Bonchev–Trinajstić information content (AvgIpc) is 3.58. The van der Waals surface area contributed by atoms with Gasteiger partial charge in [-0.3, -0.25) is 9.88 Å². The Kier molecular flexibility index (Phi) is 5.57. The molecule has 1 aromatic carbocycles. The van der Waals surface area contributed by atoms with Crippen LogP contribution in [0.15, 0.2) is 24.4 Å². The molecule has 2 aromatic heterocycles. The second-order valence-corrected chi connectivity index (χ2v) is 11.6. The number of ether oxygens (including phenoxy) is 1. The summed E-state index contributed by atoms with van der Waals surface area (Å²) in [5.74, 6) is 1.06. The Labute approximate surface area is 216 Å². The third-order valence-electron chi connectivity index (χ3n) is 9.35. The van der Waals surface area contributed by atoms with E-state index in [-0.39, 0.29) is 28.6 Å². The number of aromatic nitrogens is 3. The Morgan fingerprint density at radius 2 is 1.81 bits per heavy atom. The van der Waals surface area contributed by atoms with Gasteiger partial charge in [0.05, 0.1) is 10.9 Å². The molecule has 2 bridgehead atoms. The monoisotopic (exact) mass is 505 g/mol. The van der Waals surface area contributed by atoms with Crippen molar-refractivity contribution in [2.24, 2.45) is 11.8 Å². The van der Waals surface area contributed by atoms with Gasteiger partial charge in [-0.25, -0.2) is 8.78 Å². The summed E-state index contributed by atoms with van der Waals surface area (Å²) in [7, 11) is 0. The summed E-state index contributed by atoms with van der Waals surface area (Å²) in [6.45, 7) is 6.21. The maximum atomic E-state index is 16.2. The van der Waals surface area contributed by atoms with E-state index in [4.69, 9.17) is 9.72 Å². The highest BCUT2D eigenvalue weighted by molar-refractivity contribution is 5.92. The molecule has 7 rings (SSSR count). The molecule has 37 heavy (non-hydrogen) atoms. The fourth-order valence-electron chi connectivity index (χ4n) is 7.42. The number of pyridine rings is 1. The summed E-state index contributed by atoms with van der Waals surface area (Å²) in [4.78, 5) is 18.8. The Morgan fingerprint density at radius 3 is 2.57 bits per heavy atom. The molecule has 1 saturated carbocycles. The molecule has 2 atom stereocenters. The summed E-state index contributed by atoms with van der Waals surface area (Å²) >= 11 is 0. The lowest BCUT2D eigenvalue weighted by Crippen LogP contribution is -2.43. The summed E-state index contributed by atoms with van der Waals surface area (Å²) in [5, 5.41) is 0.588. The van der Waals surface area contributed by atoms with Crippen molar-refractivity contribution in [3.63, 3.8) is 0 Å². The summed E-state index contributed by atoms with van der Waals surface area (Å²) < 4.78 is 36.8. The zero-order valence-electron chi connectivity index (χ0n) is 21.3. The predicted octanol–water partition coefficient (Wildman–Crippen LogP) is 5.52. The molecule has 2 unspecified atom stereocenters. The van der Waals surface area contributed by atoms with Crippen LogP contribution in [0.25, 0.3) is 22.2 Å². The summed E-state index contributed by atoms with van der Waals surface area (Å²) in [6, 6.07) is 4.88. The second kappa shape index (κ2) is 8.86. The molecule has 6 nitrogen and oxygen atoms in total. The quantitative estimate of drug-likeness (QED) is 0.455. The SMILES string of the molecule is Cc1c(F)cccc1-c1ncc2c(N3CC4CCC(C4)C3)nc(OCC34CCCN3CCC4)nc2c1F. The van der Waals surface area contributed by atoms with E-state index in [0.717, 1.165) is 39.0 Å². The molecule has 3 aliphatic heterocycles. The molecule has 4 fully saturated rings. The van der Waals surface area contributed by atoms with Crippen LogP contribution in [-0.2, 0) is 0 Å². The fourth-order valence-corrected chi connectivity index (χ4v) is 7.42. The van der Waals surface area contributed by atoms with Crippen molar-refractivity contribution in [3.8, 4) is 17.3 Å². The van der Waals surface area contributed by atoms with Crippen molar-refractivity contribution in [1.29, 1.82) is 0 Å². The molecule has 5 heterocycles. The smallest absolute Gasteiger partial charge is 0.319 e. The van der Waals surface area contributed by atoms with Gasteiger partial charge in [0.15, 0.2) is 5.82 Å². The van der Waals surface area contributed by atoms with Crippen LogP contribution in [-0.4, -0.2) is 58.2 Å². The van der Waals surface area contributed by atoms with E-state index in [1.807, 2.05) is 0 Å². The van der Waals surface area contributed by atoms with Gasteiger partial charge in [-0.2, -0.15) is 9.97 Å². The van der Waals surface area contributed by atoms with Gasteiger partial charge in [0.1, 0.15) is 29.5 Å². The fraction of sp³-hybridized carbons (Fsp3) is 0.552. The molecular weight excluding hydrogens is 472 g/mol. The normalized spacial score (nSPS) is 24.7. The average molecular weight is 506 g/mol. The number of piperidine rings is 1. The zero-order chi connectivity index (χ0) is 25.1. The first-order valence-corrected chi connectivity index (χ1v) is 13.8. The number of anilines is 1. The van der Waals surface area contributed by atoms with Crippen LogP contribution in [0.3, 0.4) is 0 Å². The number of hydrogen-bond donors (Lipinski definition) is 0. The van der Waals surface area contributed by atoms with E-state index in [0.29, 0.717) is 40.8 Å². The largest absolute Gasteiger partial charge is 0.461 e. The van der Waals surface area contributed by atoms with E-state index in [9.17, 15) is 4.39 Å². The molecule has 0 spiro atoms. The minimum Gasteiger partial charge on any atom is -0.461 e. The lowest BCUT2D eigenvalue weighted by atomic mass is 9.95. The summed E-state index contributed by atoms with van der Waals surface area (Å²) in [5.41, 5.74) is 1.15. The van der Waals surface area contributed by atoms with Crippen molar-refractivity contribution >= 4 is 16.7 Å². The number of nitrogens with zero attached hydrogens (tertiary/aromatic N) is 5. The van der Waals surface area contributed by atoms with E-state index < -0.39 is 5.82 Å². The van der Waals surface area contributed by atoms with Crippen LogP contribution in [0, 0.1) is 30.4 Å². The Bertz CT molecular complexity index is 1340. The van der Waals surface area contributed by atoms with Gasteiger partial charge in [0.2, 0.25) is 0 Å². The van der Waals surface area contributed by atoms with Crippen LogP contribution in [0.5, 0.6) is 6.01 Å². The topological polar surface area (TPSA) is 54.4 Å². The number of rotatable bonds is 5. The third kappa shape index (κ3) is 3.87. The van der Waals surface area contributed by atoms with Crippen LogP contribution < -0.4 is 9.64 Å². The molecule has 0 N–H and O–H groups in total. The van der Waals surface area contributed by atoms with E-state index in [2.05, 4.69) is 19.8 Å². The molecule has 0 amide bonds. The number of hydrogen-bond acceptors (Lipinski definition) is 6. The van der Waals surface area contributed by atoms with Crippen LogP contribution in [0.1, 0.15) is 50.5 Å². The standard InChI is InChI=1S/C29H33F2N5O/c1-18-21(5-2-6-23(18)30)25-24(31)26-22(14-32-25)27(35-15-19-7-8-20(13-19)16-35)34-28(33-26)37-17-29-9-3-11-36(29)12-4-10-29/h2,5-6,14,19-20H,3-4,7-13,15-17H2,1H3. The zero-order valence-corrected chi connectivity index (χ0v) is 21.3. The van der Waals surface area contributed by atoms with Gasteiger partial charge >= 0.3 is 6.01 Å². The van der Waals surface area contributed by atoms with Crippen LogP contribution in [0.4, 0.5) is 14.6 Å². The van der Waals surface area contributed by atoms with Crippen LogP contribution >= 0.6 is 0 Å². The van der Waals surface area contributed by atoms with E-state index in [1.165, 1.54) is 38.2 Å². The Balaban J connectivity index is 1.32. The van der Waals surface area contributed by atoms with Crippen LogP contribution in [0.2, 0.25) is 0 Å². The molecule has 3 aromatic rings. The maximum Gasteiger partial charge on any atom is 0.319 e. The molecule has 1 aliphatic carbocycles. The van der Waals surface area contributed by atoms with Gasteiger partial charge in [-0.15, -0.1) is 0 Å². The molecule has 0 radical (unpaired) electrons. The van der Waals surface area contributed by atoms with Gasteiger partial charge in [-0.05, 0) is 88.4 Å². The first kappa shape index (κ1) is 23.3. The molecular formula is C29H33F2N5O. The summed E-state index contributed by atoms with van der Waals surface area (Å²) in [6.07, 6.45) is 9.98. The number of halogens is 2. The lowest BCUT2D eigenvalue weighted by molar-refractivity contribution is 0.108. The van der Waals surface area contributed by atoms with Crippen molar-refractivity contribution in [2.45, 2.75) is 57.4 Å².